The summed E-state index contributed by atoms with van der Waals surface area (Å²) in [5, 5.41) is 2.33. The molecule has 0 saturated carbocycles. The smallest absolute Gasteiger partial charge is 0.293 e. The summed E-state index contributed by atoms with van der Waals surface area (Å²) in [5.41, 5.74) is 2.31. The maximum atomic E-state index is 13.0. The molecule has 5 nitrogen and oxygen atoms in total. The lowest BCUT2D eigenvalue weighted by atomic mass is 10.1. The number of nitrogens with zero attached hydrogens (tertiary/aromatic N) is 1. The van der Waals surface area contributed by atoms with Crippen molar-refractivity contribution in [1.29, 1.82) is 0 Å². The molecular formula is C21H19FN2O3S. The Labute approximate surface area is 166 Å². The molecule has 1 aliphatic heterocycles. The van der Waals surface area contributed by atoms with E-state index in [1.165, 1.54) is 24.3 Å². The summed E-state index contributed by atoms with van der Waals surface area (Å²) in [6, 6.07) is 12.9. The summed E-state index contributed by atoms with van der Waals surface area (Å²) in [4.78, 5) is 38.1. The van der Waals surface area contributed by atoms with E-state index in [0.717, 1.165) is 28.6 Å². The quantitative estimate of drug-likeness (QED) is 0.751. The molecule has 3 amide bonds. The molecule has 0 aliphatic carbocycles. The van der Waals surface area contributed by atoms with Gasteiger partial charge in [0.05, 0.1) is 4.91 Å². The maximum absolute atomic E-state index is 13.0. The number of rotatable bonds is 6. The van der Waals surface area contributed by atoms with E-state index in [-0.39, 0.29) is 35.0 Å². The van der Waals surface area contributed by atoms with Gasteiger partial charge in [0.15, 0.2) is 0 Å². The number of aryl methyl sites for hydroxylation is 1. The number of carbonyl (C=O) groups excluding carboxylic acids is 3. The minimum absolute atomic E-state index is 0.0875. The summed E-state index contributed by atoms with van der Waals surface area (Å²) in [7, 11) is 0. The van der Waals surface area contributed by atoms with Crippen LogP contribution in [0.25, 0.3) is 6.08 Å². The molecular weight excluding hydrogens is 379 g/mol. The zero-order valence-corrected chi connectivity index (χ0v) is 16.1. The van der Waals surface area contributed by atoms with Gasteiger partial charge < -0.3 is 5.32 Å². The second-order valence-corrected chi connectivity index (χ2v) is 7.18. The van der Waals surface area contributed by atoms with Crippen molar-refractivity contribution >= 4 is 34.9 Å². The highest BCUT2D eigenvalue weighted by Gasteiger charge is 2.34. The van der Waals surface area contributed by atoms with Crippen LogP contribution in [-0.2, 0) is 11.2 Å². The Morgan fingerprint density at radius 3 is 2.43 bits per heavy atom. The topological polar surface area (TPSA) is 66.5 Å². The molecule has 1 N–H and O–H groups in total. The average Bonchev–Trinajstić information content (AvgIpc) is 2.97. The largest absolute Gasteiger partial charge is 0.350 e. The Bertz CT molecular complexity index is 924. The van der Waals surface area contributed by atoms with E-state index >= 15 is 0 Å². The van der Waals surface area contributed by atoms with Gasteiger partial charge in [0.1, 0.15) is 5.82 Å². The predicted molar refractivity (Wildman–Crippen MR) is 107 cm³/mol. The number of imide groups is 1. The average molecular weight is 398 g/mol. The number of hydrogen-bond acceptors (Lipinski definition) is 4. The Hall–Kier alpha value is -2.93. The van der Waals surface area contributed by atoms with Gasteiger partial charge in [0.25, 0.3) is 17.1 Å². The fourth-order valence-electron chi connectivity index (χ4n) is 2.68. The standard InChI is InChI=1S/C21H19FN2O3S/c1-2-14-3-7-16(8-4-14)19(25)23-11-12-24-20(26)18(28-21(24)27)13-15-5-9-17(22)10-6-15/h3-10,13H,2,11-12H2,1H3,(H,23,25)/b18-13-. The van der Waals surface area contributed by atoms with E-state index in [1.54, 1.807) is 18.2 Å². The van der Waals surface area contributed by atoms with Crippen LogP contribution in [0.15, 0.2) is 53.4 Å². The first-order valence-corrected chi connectivity index (χ1v) is 9.67. The van der Waals surface area contributed by atoms with Crippen LogP contribution in [0.5, 0.6) is 0 Å². The van der Waals surface area contributed by atoms with Gasteiger partial charge in [-0.05, 0) is 59.7 Å². The molecule has 2 aromatic rings. The van der Waals surface area contributed by atoms with Gasteiger partial charge in [-0.15, -0.1) is 0 Å². The number of hydrogen-bond donors (Lipinski definition) is 1. The highest BCUT2D eigenvalue weighted by molar-refractivity contribution is 8.18. The van der Waals surface area contributed by atoms with E-state index in [4.69, 9.17) is 0 Å². The summed E-state index contributed by atoms with van der Waals surface area (Å²) in [5.74, 6) is -1.04. The molecule has 0 bridgehead atoms. The van der Waals surface area contributed by atoms with Crippen LogP contribution in [0.1, 0.15) is 28.4 Å². The van der Waals surface area contributed by atoms with E-state index < -0.39 is 5.91 Å². The predicted octanol–water partition coefficient (Wildman–Crippen LogP) is 3.85. The van der Waals surface area contributed by atoms with Crippen LogP contribution in [0, 0.1) is 5.82 Å². The minimum atomic E-state index is -0.416. The molecule has 1 saturated heterocycles. The zero-order valence-electron chi connectivity index (χ0n) is 15.3. The molecule has 1 fully saturated rings. The van der Waals surface area contributed by atoms with Crippen molar-refractivity contribution < 1.29 is 18.8 Å². The lowest BCUT2D eigenvalue weighted by Crippen LogP contribution is -2.37. The summed E-state index contributed by atoms with van der Waals surface area (Å²) in [6.45, 7) is 2.29. The van der Waals surface area contributed by atoms with Gasteiger partial charge in [0.2, 0.25) is 0 Å². The second-order valence-electron chi connectivity index (χ2n) is 6.19. The van der Waals surface area contributed by atoms with Crippen molar-refractivity contribution in [2.75, 3.05) is 13.1 Å². The SMILES string of the molecule is CCc1ccc(C(=O)NCCN2C(=O)S/C(=C\c3ccc(F)cc3)C2=O)cc1. The third-order valence-corrected chi connectivity index (χ3v) is 5.19. The van der Waals surface area contributed by atoms with Crippen LogP contribution in [0.4, 0.5) is 9.18 Å². The number of carbonyl (C=O) groups is 3. The highest BCUT2D eigenvalue weighted by atomic mass is 32.2. The number of amides is 3. The molecule has 0 unspecified atom stereocenters. The molecule has 3 rings (SSSR count). The van der Waals surface area contributed by atoms with Crippen LogP contribution in [0.2, 0.25) is 0 Å². The van der Waals surface area contributed by atoms with Crippen molar-refractivity contribution in [1.82, 2.24) is 10.2 Å². The van der Waals surface area contributed by atoms with Gasteiger partial charge >= 0.3 is 0 Å². The first kappa shape index (κ1) is 19.8. The number of halogens is 1. The third kappa shape index (κ3) is 4.67. The lowest BCUT2D eigenvalue weighted by Gasteiger charge is -2.13. The normalized spacial score (nSPS) is 15.4. The molecule has 1 heterocycles. The fourth-order valence-corrected chi connectivity index (χ4v) is 3.54. The highest BCUT2D eigenvalue weighted by Crippen LogP contribution is 2.31. The van der Waals surface area contributed by atoms with E-state index in [1.807, 2.05) is 19.1 Å². The summed E-state index contributed by atoms with van der Waals surface area (Å²) >= 11 is 0.832. The van der Waals surface area contributed by atoms with Crippen molar-refractivity contribution in [3.8, 4) is 0 Å². The molecule has 7 heteroatoms. The lowest BCUT2D eigenvalue weighted by molar-refractivity contribution is -0.122. The van der Waals surface area contributed by atoms with Gasteiger partial charge in [-0.1, -0.05) is 31.2 Å². The van der Waals surface area contributed by atoms with Crippen LogP contribution >= 0.6 is 11.8 Å². The van der Waals surface area contributed by atoms with Gasteiger partial charge in [-0.3, -0.25) is 19.3 Å². The van der Waals surface area contributed by atoms with Crippen molar-refractivity contribution in [3.05, 3.63) is 75.9 Å². The monoisotopic (exact) mass is 398 g/mol. The molecule has 0 atom stereocenters. The Kier molecular flexibility index (Phi) is 6.26. The Morgan fingerprint density at radius 2 is 1.79 bits per heavy atom. The van der Waals surface area contributed by atoms with Crippen molar-refractivity contribution in [2.24, 2.45) is 0 Å². The second kappa shape index (κ2) is 8.84. The van der Waals surface area contributed by atoms with E-state index in [2.05, 4.69) is 5.32 Å². The molecule has 0 spiro atoms. The van der Waals surface area contributed by atoms with Crippen molar-refractivity contribution in [2.45, 2.75) is 13.3 Å². The van der Waals surface area contributed by atoms with Crippen molar-refractivity contribution in [3.63, 3.8) is 0 Å². The molecule has 144 valence electrons. The first-order valence-electron chi connectivity index (χ1n) is 8.86. The molecule has 0 radical (unpaired) electrons. The van der Waals surface area contributed by atoms with Crippen LogP contribution in [-0.4, -0.2) is 35.0 Å². The molecule has 2 aromatic carbocycles. The summed E-state index contributed by atoms with van der Waals surface area (Å²) < 4.78 is 13.0. The fraction of sp³-hybridized carbons (Fsp3) is 0.190. The van der Waals surface area contributed by atoms with E-state index in [9.17, 15) is 18.8 Å². The molecule has 28 heavy (non-hydrogen) atoms. The molecule has 1 aliphatic rings. The first-order chi connectivity index (χ1) is 13.5. The van der Waals surface area contributed by atoms with E-state index in [0.29, 0.717) is 11.1 Å². The zero-order chi connectivity index (χ0) is 20.1. The number of nitrogens with one attached hydrogen (secondary N) is 1. The maximum Gasteiger partial charge on any atom is 0.293 e. The minimum Gasteiger partial charge on any atom is -0.350 e. The third-order valence-electron chi connectivity index (χ3n) is 4.29. The summed E-state index contributed by atoms with van der Waals surface area (Å²) in [6.07, 6.45) is 2.45. The van der Waals surface area contributed by atoms with Gasteiger partial charge in [-0.2, -0.15) is 0 Å². The molecule has 0 aromatic heterocycles. The number of benzene rings is 2. The van der Waals surface area contributed by atoms with Gasteiger partial charge in [-0.25, -0.2) is 4.39 Å². The Morgan fingerprint density at radius 1 is 1.11 bits per heavy atom. The number of thioether (sulfide) groups is 1. The van der Waals surface area contributed by atoms with Crippen LogP contribution in [0.3, 0.4) is 0 Å². The Balaban J connectivity index is 1.57. The van der Waals surface area contributed by atoms with Gasteiger partial charge in [0, 0.05) is 18.7 Å². The van der Waals surface area contributed by atoms with Crippen LogP contribution < -0.4 is 5.32 Å².